The molecule has 136 valence electrons. The van der Waals surface area contributed by atoms with Gasteiger partial charge in [0.15, 0.2) is 5.76 Å². The van der Waals surface area contributed by atoms with Crippen LogP contribution in [0.1, 0.15) is 11.5 Å². The van der Waals surface area contributed by atoms with Gasteiger partial charge in [-0.3, -0.25) is 4.90 Å². The first kappa shape index (κ1) is 17.3. The minimum absolute atomic E-state index is 0.660. The Morgan fingerprint density at radius 1 is 0.926 bits per heavy atom. The predicted octanol–water partition coefficient (Wildman–Crippen LogP) is 5.14. The number of nitrogens with zero attached hydrogens (tertiary/aromatic N) is 2. The van der Waals surface area contributed by atoms with E-state index < -0.39 is 0 Å². The van der Waals surface area contributed by atoms with Crippen molar-refractivity contribution in [2.45, 2.75) is 13.1 Å². The Morgan fingerprint density at radius 3 is 2.52 bits per heavy atom. The largest absolute Gasteiger partial charge is 0.497 e. The summed E-state index contributed by atoms with van der Waals surface area (Å²) in [5.74, 6) is 2.41. The number of ether oxygens (including phenoxy) is 1. The molecule has 1 aromatic heterocycles. The fourth-order valence-electron chi connectivity index (χ4n) is 3.22. The Balaban J connectivity index is 1.44. The van der Waals surface area contributed by atoms with Gasteiger partial charge in [-0.15, -0.1) is 0 Å². The number of benzene rings is 3. The summed E-state index contributed by atoms with van der Waals surface area (Å²) < 4.78 is 11.2. The minimum Gasteiger partial charge on any atom is -0.497 e. The van der Waals surface area contributed by atoms with Crippen LogP contribution in [0.4, 0.5) is 0 Å². The van der Waals surface area contributed by atoms with Crippen LogP contribution in [0.5, 0.6) is 5.75 Å². The highest BCUT2D eigenvalue weighted by molar-refractivity contribution is 5.84. The Hall–Kier alpha value is -3.11. The van der Waals surface area contributed by atoms with Crippen LogP contribution in [-0.2, 0) is 13.1 Å². The normalized spacial score (nSPS) is 11.2. The fourth-order valence-corrected chi connectivity index (χ4v) is 3.22. The number of methoxy groups -OCH3 is 1. The maximum Gasteiger partial charge on any atom is 0.209 e. The first-order valence-corrected chi connectivity index (χ1v) is 8.96. The lowest BCUT2D eigenvalue weighted by molar-refractivity contribution is 0.283. The molecule has 0 spiro atoms. The van der Waals surface area contributed by atoms with Crippen molar-refractivity contribution in [3.05, 3.63) is 84.4 Å². The van der Waals surface area contributed by atoms with Crippen LogP contribution in [0.15, 0.2) is 77.3 Å². The van der Waals surface area contributed by atoms with Gasteiger partial charge in [0.2, 0.25) is 5.89 Å². The zero-order chi connectivity index (χ0) is 18.6. The second-order valence-corrected chi connectivity index (χ2v) is 6.70. The average molecular weight is 358 g/mol. The van der Waals surface area contributed by atoms with Crippen LogP contribution in [-0.4, -0.2) is 24.0 Å². The van der Waals surface area contributed by atoms with Gasteiger partial charge in [0.25, 0.3) is 0 Å². The van der Waals surface area contributed by atoms with Gasteiger partial charge in [0.1, 0.15) is 5.75 Å². The quantitative estimate of drug-likeness (QED) is 0.479. The molecule has 0 aliphatic rings. The van der Waals surface area contributed by atoms with Crippen LogP contribution in [0.25, 0.3) is 22.1 Å². The van der Waals surface area contributed by atoms with Crippen molar-refractivity contribution in [1.29, 1.82) is 0 Å². The third-order valence-corrected chi connectivity index (χ3v) is 4.58. The molecule has 0 bridgehead atoms. The van der Waals surface area contributed by atoms with Crippen molar-refractivity contribution in [2.75, 3.05) is 14.2 Å². The maximum absolute atomic E-state index is 5.91. The highest BCUT2D eigenvalue weighted by atomic mass is 16.5. The molecule has 27 heavy (non-hydrogen) atoms. The Morgan fingerprint density at radius 2 is 1.70 bits per heavy atom. The van der Waals surface area contributed by atoms with Crippen LogP contribution in [0, 0.1) is 0 Å². The van der Waals surface area contributed by atoms with Gasteiger partial charge in [0, 0.05) is 12.1 Å². The molecule has 0 saturated carbocycles. The lowest BCUT2D eigenvalue weighted by Gasteiger charge is -2.15. The molecule has 4 nitrogen and oxygen atoms in total. The molecule has 0 fully saturated rings. The molecule has 0 aliphatic heterocycles. The molecule has 0 N–H and O–H groups in total. The van der Waals surface area contributed by atoms with E-state index in [0.29, 0.717) is 6.54 Å². The molecule has 1 heterocycles. The van der Waals surface area contributed by atoms with Crippen LogP contribution >= 0.6 is 0 Å². The van der Waals surface area contributed by atoms with Crippen LogP contribution < -0.4 is 4.74 Å². The van der Waals surface area contributed by atoms with E-state index in [0.717, 1.165) is 29.5 Å². The number of oxazole rings is 1. The number of hydrogen-bond acceptors (Lipinski definition) is 4. The van der Waals surface area contributed by atoms with Crippen molar-refractivity contribution >= 4 is 10.8 Å². The topological polar surface area (TPSA) is 38.5 Å². The highest BCUT2D eigenvalue weighted by Crippen LogP contribution is 2.23. The van der Waals surface area contributed by atoms with Crippen molar-refractivity contribution < 1.29 is 9.15 Å². The number of hydrogen-bond donors (Lipinski definition) is 0. The van der Waals surface area contributed by atoms with E-state index in [-0.39, 0.29) is 0 Å². The molecule has 4 heteroatoms. The first-order valence-electron chi connectivity index (χ1n) is 8.96. The molecule has 0 unspecified atom stereocenters. The molecule has 0 aliphatic carbocycles. The molecule has 0 atom stereocenters. The smallest absolute Gasteiger partial charge is 0.209 e. The lowest BCUT2D eigenvalue weighted by atomic mass is 10.1. The SMILES string of the molecule is COc1ccc2cc(CN(C)Cc3ncc(-c4ccccc4)o3)ccc2c1. The van der Waals surface area contributed by atoms with Crippen molar-refractivity contribution in [2.24, 2.45) is 0 Å². The Bertz CT molecular complexity index is 1040. The van der Waals surface area contributed by atoms with Gasteiger partial charge >= 0.3 is 0 Å². The van der Waals surface area contributed by atoms with E-state index in [9.17, 15) is 0 Å². The number of rotatable bonds is 6. The van der Waals surface area contributed by atoms with Gasteiger partial charge in [-0.1, -0.05) is 48.5 Å². The summed E-state index contributed by atoms with van der Waals surface area (Å²) in [6, 6.07) is 22.7. The lowest BCUT2D eigenvalue weighted by Crippen LogP contribution is -2.17. The number of fused-ring (bicyclic) bond motifs is 1. The minimum atomic E-state index is 0.660. The van der Waals surface area contributed by atoms with E-state index >= 15 is 0 Å². The predicted molar refractivity (Wildman–Crippen MR) is 108 cm³/mol. The molecule has 0 radical (unpaired) electrons. The van der Waals surface area contributed by atoms with E-state index in [1.807, 2.05) is 36.4 Å². The molecule has 0 saturated heterocycles. The highest BCUT2D eigenvalue weighted by Gasteiger charge is 2.09. The van der Waals surface area contributed by atoms with E-state index in [4.69, 9.17) is 9.15 Å². The molecular weight excluding hydrogens is 336 g/mol. The standard InChI is InChI=1S/C23H22N2O2/c1-25(16-23-24-14-22(27-23)18-6-4-3-5-7-18)15-17-8-9-20-13-21(26-2)11-10-19(20)12-17/h3-14H,15-16H2,1-2H3. The van der Waals surface area contributed by atoms with Crippen LogP contribution in [0.3, 0.4) is 0 Å². The van der Waals surface area contributed by atoms with Crippen LogP contribution in [0.2, 0.25) is 0 Å². The maximum atomic E-state index is 5.91. The van der Waals surface area contributed by atoms with Crippen molar-refractivity contribution in [3.8, 4) is 17.1 Å². The first-order chi connectivity index (χ1) is 13.2. The molecular formula is C23H22N2O2. The fraction of sp³-hybridized carbons (Fsp3) is 0.174. The van der Waals surface area contributed by atoms with Gasteiger partial charge in [-0.25, -0.2) is 4.98 Å². The van der Waals surface area contributed by atoms with E-state index in [1.165, 1.54) is 16.3 Å². The van der Waals surface area contributed by atoms with Crippen molar-refractivity contribution in [3.63, 3.8) is 0 Å². The third kappa shape index (κ3) is 4.01. The average Bonchev–Trinajstić information content (AvgIpc) is 3.16. The molecule has 4 aromatic rings. The summed E-state index contributed by atoms with van der Waals surface area (Å²) >= 11 is 0. The summed E-state index contributed by atoms with van der Waals surface area (Å²) in [7, 11) is 3.76. The second kappa shape index (κ2) is 7.64. The van der Waals surface area contributed by atoms with E-state index in [2.05, 4.69) is 47.3 Å². The third-order valence-electron chi connectivity index (χ3n) is 4.58. The summed E-state index contributed by atoms with van der Waals surface area (Å²) in [5.41, 5.74) is 2.30. The summed E-state index contributed by atoms with van der Waals surface area (Å²) in [6.07, 6.45) is 1.79. The van der Waals surface area contributed by atoms with Gasteiger partial charge < -0.3 is 9.15 Å². The molecule has 0 amide bonds. The van der Waals surface area contributed by atoms with E-state index in [1.54, 1.807) is 13.3 Å². The summed E-state index contributed by atoms with van der Waals surface area (Å²) in [4.78, 5) is 6.62. The Labute approximate surface area is 159 Å². The van der Waals surface area contributed by atoms with Gasteiger partial charge in [0.05, 0.1) is 19.9 Å². The summed E-state index contributed by atoms with van der Waals surface area (Å²) in [6.45, 7) is 1.48. The van der Waals surface area contributed by atoms with Gasteiger partial charge in [-0.05, 0) is 41.6 Å². The zero-order valence-corrected chi connectivity index (χ0v) is 15.6. The second-order valence-electron chi connectivity index (χ2n) is 6.70. The van der Waals surface area contributed by atoms with Crippen molar-refractivity contribution in [1.82, 2.24) is 9.88 Å². The molecule has 3 aromatic carbocycles. The Kier molecular flexibility index (Phi) is 4.90. The molecule has 4 rings (SSSR count). The van der Waals surface area contributed by atoms with Gasteiger partial charge in [-0.2, -0.15) is 0 Å². The summed E-state index contributed by atoms with van der Waals surface area (Å²) in [5, 5.41) is 2.39. The monoisotopic (exact) mass is 358 g/mol. The number of aromatic nitrogens is 1. The zero-order valence-electron chi connectivity index (χ0n) is 15.6.